The van der Waals surface area contributed by atoms with E-state index in [2.05, 4.69) is 0 Å². The number of hydrogen-bond donors (Lipinski definition) is 1. The molecule has 104 valence electrons. The number of nitrogens with zero attached hydrogens (tertiary/aromatic N) is 1. The molecule has 2 N–H and O–H groups in total. The van der Waals surface area contributed by atoms with E-state index < -0.39 is 15.3 Å². The number of hydrogen-bond acceptors (Lipinski definition) is 3. The predicted octanol–water partition coefficient (Wildman–Crippen LogP) is 1.67. The molecule has 5 heteroatoms. The van der Waals surface area contributed by atoms with E-state index in [-0.39, 0.29) is 6.54 Å². The fourth-order valence-electron chi connectivity index (χ4n) is 1.81. The van der Waals surface area contributed by atoms with E-state index in [9.17, 15) is 8.42 Å². The van der Waals surface area contributed by atoms with Gasteiger partial charge in [-0.1, -0.05) is 34.6 Å². The third kappa shape index (κ3) is 5.36. The van der Waals surface area contributed by atoms with Gasteiger partial charge >= 0.3 is 0 Å². The van der Waals surface area contributed by atoms with Gasteiger partial charge in [0.2, 0.25) is 10.0 Å². The van der Waals surface area contributed by atoms with Crippen LogP contribution in [0.15, 0.2) is 0 Å². The Kier molecular flexibility index (Phi) is 7.28. The van der Waals surface area contributed by atoms with Gasteiger partial charge in [0.15, 0.2) is 0 Å². The molecule has 0 saturated heterocycles. The molecule has 0 fully saturated rings. The lowest BCUT2D eigenvalue weighted by Crippen LogP contribution is -2.45. The first-order chi connectivity index (χ1) is 7.75. The summed E-state index contributed by atoms with van der Waals surface area (Å²) in [4.78, 5) is 0. The molecule has 0 rings (SSSR count). The van der Waals surface area contributed by atoms with E-state index in [4.69, 9.17) is 5.73 Å². The van der Waals surface area contributed by atoms with Crippen molar-refractivity contribution >= 4 is 10.0 Å². The maximum Gasteiger partial charge on any atom is 0.218 e. The highest BCUT2D eigenvalue weighted by Crippen LogP contribution is 2.15. The lowest BCUT2D eigenvalue weighted by atomic mass is 10.2. The van der Waals surface area contributed by atoms with Gasteiger partial charge in [-0.3, -0.25) is 0 Å². The molecule has 17 heavy (non-hydrogen) atoms. The van der Waals surface area contributed by atoms with Gasteiger partial charge in [0.05, 0.1) is 5.25 Å². The van der Waals surface area contributed by atoms with Gasteiger partial charge in [-0.05, 0) is 18.3 Å². The van der Waals surface area contributed by atoms with E-state index >= 15 is 0 Å². The van der Waals surface area contributed by atoms with Crippen LogP contribution < -0.4 is 5.73 Å². The lowest BCUT2D eigenvalue weighted by molar-refractivity contribution is 0.329. The quantitative estimate of drug-likeness (QED) is 0.725. The van der Waals surface area contributed by atoms with Crippen LogP contribution >= 0.6 is 0 Å². The summed E-state index contributed by atoms with van der Waals surface area (Å²) < 4.78 is 26.4. The molecule has 0 bridgehead atoms. The predicted molar refractivity (Wildman–Crippen MR) is 73.3 cm³/mol. The highest BCUT2D eigenvalue weighted by molar-refractivity contribution is 7.89. The van der Waals surface area contributed by atoms with Gasteiger partial charge in [-0.25, -0.2) is 12.7 Å². The molecule has 0 aromatic heterocycles. The Balaban J connectivity index is 5.00. The van der Waals surface area contributed by atoms with Crippen molar-refractivity contribution in [3.05, 3.63) is 0 Å². The second-order valence-corrected chi connectivity index (χ2v) is 7.63. The Morgan fingerprint density at radius 3 is 1.71 bits per heavy atom. The fourth-order valence-corrected chi connectivity index (χ4v) is 3.90. The van der Waals surface area contributed by atoms with E-state index in [1.54, 1.807) is 4.31 Å². The van der Waals surface area contributed by atoms with Crippen molar-refractivity contribution in [3.8, 4) is 0 Å². The van der Waals surface area contributed by atoms with Crippen LogP contribution in [-0.4, -0.2) is 37.6 Å². The molecule has 0 aliphatic heterocycles. The lowest BCUT2D eigenvalue weighted by Gasteiger charge is -2.29. The van der Waals surface area contributed by atoms with E-state index in [0.717, 1.165) is 0 Å². The Morgan fingerprint density at radius 1 is 1.06 bits per heavy atom. The van der Waals surface area contributed by atoms with Crippen LogP contribution in [0.3, 0.4) is 0 Å². The van der Waals surface area contributed by atoms with Crippen molar-refractivity contribution in [1.29, 1.82) is 0 Å². The zero-order valence-electron chi connectivity index (χ0n) is 11.8. The third-order valence-corrected chi connectivity index (χ3v) is 5.02. The third-order valence-electron chi connectivity index (χ3n) is 2.64. The van der Waals surface area contributed by atoms with Gasteiger partial charge in [-0.2, -0.15) is 0 Å². The Bertz CT molecular complexity index is 286. The molecule has 0 saturated carbocycles. The summed E-state index contributed by atoms with van der Waals surface area (Å²) >= 11 is 0. The first-order valence-corrected chi connectivity index (χ1v) is 7.95. The van der Waals surface area contributed by atoms with E-state index in [1.165, 1.54) is 0 Å². The highest BCUT2D eigenvalue weighted by Gasteiger charge is 2.30. The first-order valence-electron chi connectivity index (χ1n) is 6.44. The molecule has 0 spiro atoms. The average Bonchev–Trinajstić information content (AvgIpc) is 2.16. The van der Waals surface area contributed by atoms with Gasteiger partial charge < -0.3 is 5.73 Å². The molecule has 1 atom stereocenters. The molecule has 0 amide bonds. The molecular formula is C12H28N2O2S. The molecule has 0 aromatic rings. The van der Waals surface area contributed by atoms with Crippen molar-refractivity contribution in [3.63, 3.8) is 0 Å². The standard InChI is InChI=1S/C12H28N2O2S/c1-6-12(7-13)17(15,16)14(8-10(2)3)9-11(4)5/h10-12H,6-9,13H2,1-5H3. The van der Waals surface area contributed by atoms with Gasteiger partial charge in [-0.15, -0.1) is 0 Å². The molecular weight excluding hydrogens is 236 g/mol. The minimum Gasteiger partial charge on any atom is -0.329 e. The van der Waals surface area contributed by atoms with Crippen LogP contribution in [0.25, 0.3) is 0 Å². The molecule has 0 aliphatic rings. The first kappa shape index (κ1) is 16.9. The molecule has 0 aromatic carbocycles. The maximum absolute atomic E-state index is 12.4. The molecule has 0 aliphatic carbocycles. The van der Waals surface area contributed by atoms with Crippen LogP contribution in [0.5, 0.6) is 0 Å². The summed E-state index contributed by atoms with van der Waals surface area (Å²) in [6.07, 6.45) is 0.575. The van der Waals surface area contributed by atoms with Crippen LogP contribution in [0.4, 0.5) is 0 Å². The van der Waals surface area contributed by atoms with E-state index in [0.29, 0.717) is 31.3 Å². The summed E-state index contributed by atoms with van der Waals surface area (Å²) in [5.41, 5.74) is 5.56. The van der Waals surface area contributed by atoms with Crippen LogP contribution in [0.2, 0.25) is 0 Å². The smallest absolute Gasteiger partial charge is 0.218 e. The van der Waals surface area contributed by atoms with Crippen LogP contribution in [-0.2, 0) is 10.0 Å². The monoisotopic (exact) mass is 264 g/mol. The van der Waals surface area contributed by atoms with Gasteiger partial charge in [0.25, 0.3) is 0 Å². The highest BCUT2D eigenvalue weighted by atomic mass is 32.2. The summed E-state index contributed by atoms with van der Waals surface area (Å²) in [5, 5.41) is -0.444. The largest absolute Gasteiger partial charge is 0.329 e. The van der Waals surface area contributed by atoms with Gasteiger partial charge in [0.1, 0.15) is 0 Å². The number of rotatable bonds is 8. The summed E-state index contributed by atoms with van der Waals surface area (Å²) in [5.74, 6) is 0.664. The zero-order valence-corrected chi connectivity index (χ0v) is 12.6. The van der Waals surface area contributed by atoms with Crippen LogP contribution in [0.1, 0.15) is 41.0 Å². The minimum absolute atomic E-state index is 0.200. The number of sulfonamides is 1. The van der Waals surface area contributed by atoms with Crippen molar-refractivity contribution in [2.24, 2.45) is 17.6 Å². The van der Waals surface area contributed by atoms with Gasteiger partial charge in [0, 0.05) is 19.6 Å². The van der Waals surface area contributed by atoms with E-state index in [1.807, 2.05) is 34.6 Å². The topological polar surface area (TPSA) is 63.4 Å². The average molecular weight is 264 g/mol. The van der Waals surface area contributed by atoms with Crippen LogP contribution in [0, 0.1) is 11.8 Å². The SMILES string of the molecule is CCC(CN)S(=O)(=O)N(CC(C)C)CC(C)C. The second kappa shape index (κ2) is 7.34. The maximum atomic E-state index is 12.4. The summed E-state index contributed by atoms with van der Waals surface area (Å²) in [6.45, 7) is 11.4. The zero-order chi connectivity index (χ0) is 13.6. The molecule has 1 unspecified atom stereocenters. The Morgan fingerprint density at radius 2 is 1.47 bits per heavy atom. The minimum atomic E-state index is -3.25. The molecule has 0 radical (unpaired) electrons. The summed E-state index contributed by atoms with van der Waals surface area (Å²) in [7, 11) is -3.25. The Labute approximate surface area is 107 Å². The summed E-state index contributed by atoms with van der Waals surface area (Å²) in [6, 6.07) is 0. The fraction of sp³-hybridized carbons (Fsp3) is 1.00. The van der Waals surface area contributed by atoms with Crippen molar-refractivity contribution < 1.29 is 8.42 Å². The molecule has 0 heterocycles. The molecule has 4 nitrogen and oxygen atoms in total. The second-order valence-electron chi connectivity index (χ2n) is 5.42. The Hall–Kier alpha value is -0.130. The van der Waals surface area contributed by atoms with Crippen molar-refractivity contribution in [2.75, 3.05) is 19.6 Å². The normalized spacial score (nSPS) is 14.9. The number of nitrogens with two attached hydrogens (primary N) is 1. The van der Waals surface area contributed by atoms with Crippen molar-refractivity contribution in [1.82, 2.24) is 4.31 Å². The van der Waals surface area contributed by atoms with Crippen molar-refractivity contribution in [2.45, 2.75) is 46.3 Å².